The molecule has 2 aromatic carbocycles. The highest BCUT2D eigenvalue weighted by Crippen LogP contribution is 2.16. The molecule has 0 fully saturated rings. The number of aryl methyl sites for hydroxylation is 2. The number of methoxy groups -OCH3 is 1. The van der Waals surface area contributed by atoms with Crippen molar-refractivity contribution in [2.45, 2.75) is 13.8 Å². The summed E-state index contributed by atoms with van der Waals surface area (Å²) in [5, 5.41) is 6.34. The minimum Gasteiger partial charge on any atom is -0.496 e. The number of carbonyl (C=O) groups is 2. The minimum atomic E-state index is -0.846. The molecule has 124 valence electrons. The molecule has 2 N–H and O–H groups in total. The number of para-hydroxylation sites is 1. The van der Waals surface area contributed by atoms with Gasteiger partial charge in [-0.25, -0.2) is 5.43 Å². The van der Waals surface area contributed by atoms with Gasteiger partial charge in [-0.05, 0) is 37.6 Å². The van der Waals surface area contributed by atoms with Crippen molar-refractivity contribution in [2.75, 3.05) is 12.4 Å². The van der Waals surface area contributed by atoms with E-state index in [-0.39, 0.29) is 0 Å². The van der Waals surface area contributed by atoms with E-state index in [0.717, 1.165) is 11.1 Å². The fraction of sp³-hybridized carbons (Fsp3) is 0.167. The summed E-state index contributed by atoms with van der Waals surface area (Å²) in [5.74, 6) is -1.00. The SMILES string of the molecule is COc1ccccc1/C=N\NC(=O)C(=O)Nc1ccc(C)cc1C. The average Bonchev–Trinajstić information content (AvgIpc) is 2.57. The van der Waals surface area contributed by atoms with Crippen molar-refractivity contribution in [3.63, 3.8) is 0 Å². The second kappa shape index (κ2) is 7.92. The smallest absolute Gasteiger partial charge is 0.329 e. The Morgan fingerprint density at radius 3 is 2.54 bits per heavy atom. The van der Waals surface area contributed by atoms with E-state index in [2.05, 4.69) is 15.8 Å². The molecule has 0 aromatic heterocycles. The fourth-order valence-electron chi connectivity index (χ4n) is 2.12. The molecule has 0 saturated carbocycles. The summed E-state index contributed by atoms with van der Waals surface area (Å²) < 4.78 is 5.17. The Bertz CT molecular complexity index is 785. The molecule has 0 spiro atoms. The van der Waals surface area contributed by atoms with Crippen LogP contribution in [0.1, 0.15) is 16.7 Å². The summed E-state index contributed by atoms with van der Waals surface area (Å²) in [4.78, 5) is 23.7. The predicted octanol–water partition coefficient (Wildman–Crippen LogP) is 2.40. The maximum atomic E-state index is 11.9. The zero-order valence-electron chi connectivity index (χ0n) is 13.8. The predicted molar refractivity (Wildman–Crippen MR) is 93.3 cm³/mol. The van der Waals surface area contributed by atoms with Gasteiger partial charge in [-0.15, -0.1) is 0 Å². The van der Waals surface area contributed by atoms with Crippen LogP contribution in [0.4, 0.5) is 5.69 Å². The molecule has 0 atom stereocenters. The van der Waals surface area contributed by atoms with E-state index in [1.807, 2.05) is 38.1 Å². The summed E-state index contributed by atoms with van der Waals surface area (Å²) in [6.07, 6.45) is 1.42. The van der Waals surface area contributed by atoms with E-state index in [1.165, 1.54) is 6.21 Å². The van der Waals surface area contributed by atoms with Gasteiger partial charge in [0.15, 0.2) is 0 Å². The minimum absolute atomic E-state index is 0.592. The van der Waals surface area contributed by atoms with Gasteiger partial charge in [0, 0.05) is 11.3 Å². The molecule has 0 unspecified atom stereocenters. The van der Waals surface area contributed by atoms with E-state index in [1.54, 1.807) is 25.3 Å². The average molecular weight is 325 g/mol. The number of benzene rings is 2. The normalized spacial score (nSPS) is 10.5. The highest BCUT2D eigenvalue weighted by molar-refractivity contribution is 6.39. The zero-order valence-corrected chi connectivity index (χ0v) is 13.8. The number of ether oxygens (including phenoxy) is 1. The van der Waals surface area contributed by atoms with Crippen molar-refractivity contribution in [2.24, 2.45) is 5.10 Å². The Kier molecular flexibility index (Phi) is 5.68. The van der Waals surface area contributed by atoms with Crippen molar-refractivity contribution < 1.29 is 14.3 Å². The van der Waals surface area contributed by atoms with Gasteiger partial charge in [0.25, 0.3) is 0 Å². The Balaban J connectivity index is 1.96. The zero-order chi connectivity index (χ0) is 17.5. The van der Waals surface area contributed by atoms with Gasteiger partial charge >= 0.3 is 11.8 Å². The van der Waals surface area contributed by atoms with Crippen LogP contribution < -0.4 is 15.5 Å². The van der Waals surface area contributed by atoms with Gasteiger partial charge in [0.2, 0.25) is 0 Å². The standard InChI is InChI=1S/C18H19N3O3/c1-12-8-9-15(13(2)10-12)20-17(22)18(23)21-19-11-14-6-4-5-7-16(14)24-3/h4-11H,1-3H3,(H,20,22)(H,21,23)/b19-11-. The van der Waals surface area contributed by atoms with E-state index in [9.17, 15) is 9.59 Å². The Labute approximate surface area is 140 Å². The van der Waals surface area contributed by atoms with Crippen LogP contribution in [-0.4, -0.2) is 25.1 Å². The molecule has 0 aliphatic heterocycles. The third-order valence-electron chi connectivity index (χ3n) is 3.34. The number of nitrogens with one attached hydrogen (secondary N) is 2. The van der Waals surface area contributed by atoms with Crippen LogP contribution in [0.25, 0.3) is 0 Å². The molecule has 2 aromatic rings. The topological polar surface area (TPSA) is 79.8 Å². The second-order valence-corrected chi connectivity index (χ2v) is 5.21. The first-order valence-electron chi connectivity index (χ1n) is 7.36. The quantitative estimate of drug-likeness (QED) is 0.515. The molecule has 0 aliphatic carbocycles. The first kappa shape index (κ1) is 17.2. The molecule has 0 saturated heterocycles. The van der Waals surface area contributed by atoms with Crippen LogP contribution in [0.15, 0.2) is 47.6 Å². The van der Waals surface area contributed by atoms with E-state index in [4.69, 9.17) is 4.74 Å². The van der Waals surface area contributed by atoms with Crippen molar-refractivity contribution in [1.82, 2.24) is 5.43 Å². The highest BCUT2D eigenvalue weighted by atomic mass is 16.5. The van der Waals surface area contributed by atoms with Crippen LogP contribution in [-0.2, 0) is 9.59 Å². The molecule has 6 heteroatoms. The highest BCUT2D eigenvalue weighted by Gasteiger charge is 2.13. The van der Waals surface area contributed by atoms with Crippen LogP contribution in [0.2, 0.25) is 0 Å². The monoisotopic (exact) mass is 325 g/mol. The van der Waals surface area contributed by atoms with Crippen LogP contribution in [0.5, 0.6) is 5.75 Å². The second-order valence-electron chi connectivity index (χ2n) is 5.21. The number of amides is 2. The van der Waals surface area contributed by atoms with E-state index >= 15 is 0 Å². The number of rotatable bonds is 4. The molecular formula is C18H19N3O3. The first-order valence-corrected chi connectivity index (χ1v) is 7.36. The molecule has 0 heterocycles. The van der Waals surface area contributed by atoms with E-state index < -0.39 is 11.8 Å². The third-order valence-corrected chi connectivity index (χ3v) is 3.34. The molecule has 2 rings (SSSR count). The van der Waals surface area contributed by atoms with Crippen molar-refractivity contribution in [1.29, 1.82) is 0 Å². The van der Waals surface area contributed by atoms with Gasteiger partial charge in [0.1, 0.15) is 5.75 Å². The lowest BCUT2D eigenvalue weighted by atomic mass is 10.1. The maximum Gasteiger partial charge on any atom is 0.329 e. The molecule has 0 aliphatic rings. The number of nitrogens with zero attached hydrogens (tertiary/aromatic N) is 1. The van der Waals surface area contributed by atoms with Crippen LogP contribution in [0.3, 0.4) is 0 Å². The Morgan fingerprint density at radius 1 is 1.08 bits per heavy atom. The number of hydrazone groups is 1. The molecule has 6 nitrogen and oxygen atoms in total. The number of anilines is 1. The van der Waals surface area contributed by atoms with Gasteiger partial charge in [-0.2, -0.15) is 5.10 Å². The van der Waals surface area contributed by atoms with Gasteiger partial charge < -0.3 is 10.1 Å². The summed E-state index contributed by atoms with van der Waals surface area (Å²) in [6.45, 7) is 3.82. The van der Waals surface area contributed by atoms with Crippen molar-refractivity contribution >= 4 is 23.7 Å². The van der Waals surface area contributed by atoms with Crippen LogP contribution >= 0.6 is 0 Å². The third kappa shape index (κ3) is 4.42. The molecule has 0 bridgehead atoms. The van der Waals surface area contributed by atoms with Gasteiger partial charge in [0.05, 0.1) is 13.3 Å². The van der Waals surface area contributed by atoms with E-state index in [0.29, 0.717) is 17.0 Å². The summed E-state index contributed by atoms with van der Waals surface area (Å²) in [7, 11) is 1.54. The first-order chi connectivity index (χ1) is 11.5. The van der Waals surface area contributed by atoms with Crippen molar-refractivity contribution in [3.8, 4) is 5.75 Å². The number of carbonyl (C=O) groups excluding carboxylic acids is 2. The Morgan fingerprint density at radius 2 is 1.83 bits per heavy atom. The summed E-state index contributed by atoms with van der Waals surface area (Å²) in [6, 6.07) is 12.7. The summed E-state index contributed by atoms with van der Waals surface area (Å²) >= 11 is 0. The molecule has 2 amide bonds. The molecule has 24 heavy (non-hydrogen) atoms. The van der Waals surface area contributed by atoms with Gasteiger partial charge in [-0.1, -0.05) is 29.8 Å². The van der Waals surface area contributed by atoms with Crippen LogP contribution in [0, 0.1) is 13.8 Å². The van der Waals surface area contributed by atoms with Gasteiger partial charge in [-0.3, -0.25) is 9.59 Å². The van der Waals surface area contributed by atoms with Crippen molar-refractivity contribution in [3.05, 3.63) is 59.2 Å². The number of hydrogen-bond acceptors (Lipinski definition) is 4. The summed E-state index contributed by atoms with van der Waals surface area (Å²) in [5.41, 5.74) is 5.44. The fourth-order valence-corrected chi connectivity index (χ4v) is 2.12. The number of hydrogen-bond donors (Lipinski definition) is 2. The Hall–Kier alpha value is -3.15. The molecule has 0 radical (unpaired) electrons. The lowest BCUT2D eigenvalue weighted by Gasteiger charge is -2.08. The lowest BCUT2D eigenvalue weighted by molar-refractivity contribution is -0.136. The molecular weight excluding hydrogens is 306 g/mol. The maximum absolute atomic E-state index is 11.9. The lowest BCUT2D eigenvalue weighted by Crippen LogP contribution is -2.32. The largest absolute Gasteiger partial charge is 0.496 e.